The summed E-state index contributed by atoms with van der Waals surface area (Å²) >= 11 is 0. The number of likely N-dealkylation sites (N-methyl/N-ethyl adjacent to an activating group) is 1. The molecular formula is C16H21FN2O3. The van der Waals surface area contributed by atoms with E-state index >= 15 is 0 Å². The van der Waals surface area contributed by atoms with Gasteiger partial charge in [-0.25, -0.2) is 4.39 Å². The third kappa shape index (κ3) is 2.68. The fourth-order valence-electron chi connectivity index (χ4n) is 3.31. The van der Waals surface area contributed by atoms with E-state index in [4.69, 9.17) is 9.47 Å². The second-order valence-corrected chi connectivity index (χ2v) is 5.84. The Bertz CT molecular complexity index is 566. The monoisotopic (exact) mass is 308 g/mol. The van der Waals surface area contributed by atoms with Crippen molar-refractivity contribution in [2.24, 2.45) is 0 Å². The lowest BCUT2D eigenvalue weighted by molar-refractivity contribution is -0.0871. The van der Waals surface area contributed by atoms with Crippen LogP contribution in [-0.4, -0.2) is 68.3 Å². The first-order chi connectivity index (χ1) is 10.6. The summed E-state index contributed by atoms with van der Waals surface area (Å²) < 4.78 is 25.1. The Balaban J connectivity index is 1.91. The lowest BCUT2D eigenvalue weighted by Crippen LogP contribution is -2.60. The Kier molecular flexibility index (Phi) is 4.31. The van der Waals surface area contributed by atoms with Crippen molar-refractivity contribution in [1.29, 1.82) is 0 Å². The first-order valence-corrected chi connectivity index (χ1v) is 7.55. The summed E-state index contributed by atoms with van der Waals surface area (Å²) in [5.41, 5.74) is 0.0128. The van der Waals surface area contributed by atoms with Crippen LogP contribution < -0.4 is 4.74 Å². The number of carbonyl (C=O) groups excluding carboxylic acids is 1. The second-order valence-electron chi connectivity index (χ2n) is 5.84. The number of hydrogen-bond donors (Lipinski definition) is 0. The molecule has 2 atom stereocenters. The Morgan fingerprint density at radius 1 is 1.41 bits per heavy atom. The summed E-state index contributed by atoms with van der Waals surface area (Å²) in [5.74, 6) is -0.586. The number of likely N-dealkylation sites (tertiary alicyclic amines) is 1. The molecule has 120 valence electrons. The Labute approximate surface area is 129 Å². The molecule has 0 saturated carbocycles. The van der Waals surface area contributed by atoms with Gasteiger partial charge in [0, 0.05) is 19.6 Å². The molecule has 3 rings (SSSR count). The van der Waals surface area contributed by atoms with E-state index < -0.39 is 5.82 Å². The van der Waals surface area contributed by atoms with Crippen molar-refractivity contribution >= 4 is 5.91 Å². The molecule has 0 radical (unpaired) electrons. The van der Waals surface area contributed by atoms with Crippen LogP contribution in [0.5, 0.6) is 5.75 Å². The molecule has 1 amide bonds. The first-order valence-electron chi connectivity index (χ1n) is 7.55. The van der Waals surface area contributed by atoms with Gasteiger partial charge in [0.05, 0.1) is 25.9 Å². The quantitative estimate of drug-likeness (QED) is 0.828. The molecule has 2 heterocycles. The fourth-order valence-corrected chi connectivity index (χ4v) is 3.31. The molecule has 2 fully saturated rings. The number of fused-ring (bicyclic) bond motifs is 1. The highest BCUT2D eigenvalue weighted by Gasteiger charge is 2.39. The summed E-state index contributed by atoms with van der Waals surface area (Å²) in [6, 6.07) is 4.41. The van der Waals surface area contributed by atoms with E-state index in [2.05, 4.69) is 4.90 Å². The van der Waals surface area contributed by atoms with E-state index in [1.807, 2.05) is 7.05 Å². The number of benzene rings is 1. The molecule has 2 saturated heterocycles. The molecule has 0 unspecified atom stereocenters. The van der Waals surface area contributed by atoms with E-state index in [9.17, 15) is 9.18 Å². The molecular weight excluding hydrogens is 287 g/mol. The van der Waals surface area contributed by atoms with Crippen LogP contribution in [0.2, 0.25) is 0 Å². The van der Waals surface area contributed by atoms with Crippen LogP contribution in [0.3, 0.4) is 0 Å². The lowest BCUT2D eigenvalue weighted by atomic mass is 9.98. The van der Waals surface area contributed by atoms with Crippen LogP contribution in [0.15, 0.2) is 18.2 Å². The minimum Gasteiger partial charge on any atom is -0.496 e. The van der Waals surface area contributed by atoms with Gasteiger partial charge in [0.15, 0.2) is 0 Å². The number of hydrogen-bond acceptors (Lipinski definition) is 4. The molecule has 0 spiro atoms. The molecule has 5 nitrogen and oxygen atoms in total. The van der Waals surface area contributed by atoms with E-state index in [0.29, 0.717) is 13.2 Å². The predicted molar refractivity (Wildman–Crippen MR) is 79.6 cm³/mol. The van der Waals surface area contributed by atoms with Crippen molar-refractivity contribution < 1.29 is 18.7 Å². The number of piperidine rings is 1. The molecule has 2 aliphatic rings. The Morgan fingerprint density at radius 3 is 3.00 bits per heavy atom. The molecule has 0 N–H and O–H groups in total. The number of carbonyl (C=O) groups is 1. The number of halogens is 1. The van der Waals surface area contributed by atoms with Gasteiger partial charge in [-0.2, -0.15) is 0 Å². The fraction of sp³-hybridized carbons (Fsp3) is 0.562. The zero-order valence-electron chi connectivity index (χ0n) is 12.9. The van der Waals surface area contributed by atoms with Crippen molar-refractivity contribution in [3.63, 3.8) is 0 Å². The van der Waals surface area contributed by atoms with Gasteiger partial charge in [0.25, 0.3) is 5.91 Å². The van der Waals surface area contributed by atoms with Gasteiger partial charge in [0.1, 0.15) is 17.1 Å². The van der Waals surface area contributed by atoms with Crippen molar-refractivity contribution in [3.8, 4) is 5.75 Å². The smallest absolute Gasteiger partial charge is 0.261 e. The minimum atomic E-state index is -0.545. The minimum absolute atomic E-state index is 0.0128. The van der Waals surface area contributed by atoms with E-state index in [1.54, 1.807) is 17.0 Å². The maximum atomic E-state index is 14.2. The summed E-state index contributed by atoms with van der Waals surface area (Å²) in [5, 5.41) is 0. The molecule has 22 heavy (non-hydrogen) atoms. The van der Waals surface area contributed by atoms with Gasteiger partial charge in [-0.3, -0.25) is 4.79 Å². The van der Waals surface area contributed by atoms with Gasteiger partial charge in [0.2, 0.25) is 0 Å². The van der Waals surface area contributed by atoms with E-state index in [1.165, 1.54) is 13.2 Å². The highest BCUT2D eigenvalue weighted by molar-refractivity contribution is 5.97. The van der Waals surface area contributed by atoms with Crippen molar-refractivity contribution in [1.82, 2.24) is 9.80 Å². The molecule has 0 bridgehead atoms. The summed E-state index contributed by atoms with van der Waals surface area (Å²) in [6.07, 6.45) is 0.922. The highest BCUT2D eigenvalue weighted by atomic mass is 19.1. The molecule has 6 heteroatoms. The van der Waals surface area contributed by atoms with Crippen LogP contribution in [0.25, 0.3) is 0 Å². The summed E-state index contributed by atoms with van der Waals surface area (Å²) in [4.78, 5) is 16.8. The van der Waals surface area contributed by atoms with Gasteiger partial charge in [-0.15, -0.1) is 0 Å². The van der Waals surface area contributed by atoms with Crippen LogP contribution in [-0.2, 0) is 4.74 Å². The van der Waals surface area contributed by atoms with Gasteiger partial charge >= 0.3 is 0 Å². The largest absolute Gasteiger partial charge is 0.496 e. The Hall–Kier alpha value is -1.66. The number of nitrogens with zero attached hydrogens (tertiary/aromatic N) is 2. The standard InChI is InChI=1S/C16H21FN2O3/c1-18-7-6-13-12(10-18)19(8-9-22-13)16(20)15-11(17)4-3-5-14(15)21-2/h3-5,12-13H,6-10H2,1-2H3/t12-,13+/m1/s1. The van der Waals surface area contributed by atoms with Crippen molar-refractivity contribution in [3.05, 3.63) is 29.6 Å². The predicted octanol–water partition coefficient (Wildman–Crippen LogP) is 1.38. The number of ether oxygens (including phenoxy) is 2. The van der Waals surface area contributed by atoms with Crippen LogP contribution in [0.4, 0.5) is 4.39 Å². The van der Waals surface area contributed by atoms with Crippen LogP contribution in [0.1, 0.15) is 16.8 Å². The van der Waals surface area contributed by atoms with Crippen LogP contribution >= 0.6 is 0 Å². The number of morpholine rings is 1. The highest BCUT2D eigenvalue weighted by Crippen LogP contribution is 2.28. The lowest BCUT2D eigenvalue weighted by Gasteiger charge is -2.46. The van der Waals surface area contributed by atoms with E-state index in [0.717, 1.165) is 19.5 Å². The second kappa shape index (κ2) is 6.22. The zero-order valence-corrected chi connectivity index (χ0v) is 12.9. The maximum absolute atomic E-state index is 14.2. The molecule has 1 aromatic carbocycles. The molecule has 2 aliphatic heterocycles. The van der Waals surface area contributed by atoms with Crippen LogP contribution in [0, 0.1) is 5.82 Å². The van der Waals surface area contributed by atoms with Crippen molar-refractivity contribution in [2.75, 3.05) is 40.4 Å². The van der Waals surface area contributed by atoms with Gasteiger partial charge < -0.3 is 19.3 Å². The van der Waals surface area contributed by atoms with E-state index in [-0.39, 0.29) is 29.4 Å². The van der Waals surface area contributed by atoms with Gasteiger partial charge in [-0.1, -0.05) is 6.07 Å². The van der Waals surface area contributed by atoms with Gasteiger partial charge in [-0.05, 0) is 25.6 Å². The maximum Gasteiger partial charge on any atom is 0.261 e. The molecule has 1 aromatic rings. The number of amides is 1. The summed E-state index contributed by atoms with van der Waals surface area (Å²) in [7, 11) is 3.47. The summed E-state index contributed by atoms with van der Waals surface area (Å²) in [6.45, 7) is 2.66. The average Bonchev–Trinajstić information content (AvgIpc) is 2.53. The molecule has 0 aromatic heterocycles. The normalized spacial score (nSPS) is 25.7. The Morgan fingerprint density at radius 2 is 2.23 bits per heavy atom. The SMILES string of the molecule is COc1cccc(F)c1C(=O)N1CCO[C@H]2CCN(C)C[C@H]21. The number of methoxy groups -OCH3 is 1. The zero-order chi connectivity index (χ0) is 15.7. The number of rotatable bonds is 2. The third-order valence-corrected chi connectivity index (χ3v) is 4.46. The van der Waals surface area contributed by atoms with Crippen molar-refractivity contribution in [2.45, 2.75) is 18.6 Å². The molecule has 0 aliphatic carbocycles. The first kappa shape index (κ1) is 15.2. The average molecular weight is 308 g/mol. The topological polar surface area (TPSA) is 42.0 Å². The third-order valence-electron chi connectivity index (χ3n) is 4.46.